The summed E-state index contributed by atoms with van der Waals surface area (Å²) in [5, 5.41) is 4.75. The smallest absolute Gasteiger partial charge is 0.289 e. The Hall–Kier alpha value is -3.81. The molecule has 33 heavy (non-hydrogen) atoms. The first-order valence-electron chi connectivity index (χ1n) is 11.2. The number of nitrogens with zero attached hydrogens (tertiary/aromatic N) is 2. The van der Waals surface area contributed by atoms with Crippen LogP contribution in [0.5, 0.6) is 5.75 Å². The molecule has 8 nitrogen and oxygen atoms in total. The van der Waals surface area contributed by atoms with E-state index < -0.39 is 0 Å². The topological polar surface area (TPSA) is 92.1 Å². The van der Waals surface area contributed by atoms with Crippen molar-refractivity contribution in [1.29, 1.82) is 0 Å². The highest BCUT2D eigenvalue weighted by Gasteiger charge is 2.29. The average molecular weight is 447 g/mol. The number of hydrogen-bond donors (Lipinski definition) is 1. The quantitative estimate of drug-likeness (QED) is 0.627. The van der Waals surface area contributed by atoms with Crippen molar-refractivity contribution >= 4 is 28.5 Å². The first kappa shape index (κ1) is 21.1. The number of piperazine rings is 1. The van der Waals surface area contributed by atoms with Gasteiger partial charge in [-0.2, -0.15) is 0 Å². The molecule has 2 fully saturated rings. The Morgan fingerprint density at radius 1 is 0.909 bits per heavy atom. The number of carbonyl (C=O) groups excluding carboxylic acids is 3. The van der Waals surface area contributed by atoms with E-state index in [1.807, 2.05) is 36.4 Å². The fraction of sp³-hybridized carbons (Fsp3) is 0.320. The van der Waals surface area contributed by atoms with E-state index in [9.17, 15) is 14.4 Å². The maximum Gasteiger partial charge on any atom is 0.289 e. The highest BCUT2D eigenvalue weighted by molar-refractivity contribution is 6.02. The van der Waals surface area contributed by atoms with Gasteiger partial charge in [0.1, 0.15) is 5.75 Å². The number of nitrogens with one attached hydrogen (secondary N) is 1. The summed E-state index contributed by atoms with van der Waals surface area (Å²) in [6, 6.07) is 14.9. The van der Waals surface area contributed by atoms with Crippen LogP contribution in [0.3, 0.4) is 0 Å². The van der Waals surface area contributed by atoms with Crippen LogP contribution in [0, 0.1) is 0 Å². The number of benzene rings is 2. The van der Waals surface area contributed by atoms with Gasteiger partial charge in [-0.15, -0.1) is 0 Å². The standard InChI is InChI=1S/C25H25N3O5/c29-23(26-19-7-8-19)16-33-22-15-18-5-2-1-4-17(18)14-20(22)24(30)27-9-11-28(12-10-27)25(31)21-6-3-13-32-21/h1-6,13-15,19H,7-12,16H2,(H,26,29). The van der Waals surface area contributed by atoms with E-state index in [1.54, 1.807) is 21.9 Å². The van der Waals surface area contributed by atoms with E-state index in [4.69, 9.17) is 9.15 Å². The Balaban J connectivity index is 1.31. The van der Waals surface area contributed by atoms with Crippen LogP contribution in [0.1, 0.15) is 33.8 Å². The molecular weight excluding hydrogens is 422 g/mol. The van der Waals surface area contributed by atoms with Gasteiger partial charge >= 0.3 is 0 Å². The van der Waals surface area contributed by atoms with Gasteiger partial charge in [0.15, 0.2) is 12.4 Å². The van der Waals surface area contributed by atoms with E-state index >= 15 is 0 Å². The fourth-order valence-corrected chi connectivity index (χ4v) is 3.99. The molecule has 0 spiro atoms. The molecule has 0 radical (unpaired) electrons. The van der Waals surface area contributed by atoms with E-state index in [2.05, 4.69) is 5.32 Å². The molecule has 3 amide bonds. The Bertz CT molecular complexity index is 1180. The molecular formula is C25H25N3O5. The highest BCUT2D eigenvalue weighted by atomic mass is 16.5. The predicted molar refractivity (Wildman–Crippen MR) is 121 cm³/mol. The number of rotatable bonds is 6. The molecule has 0 unspecified atom stereocenters. The molecule has 1 N–H and O–H groups in total. The molecule has 2 aromatic carbocycles. The molecule has 5 rings (SSSR count). The third-order valence-electron chi connectivity index (χ3n) is 5.97. The van der Waals surface area contributed by atoms with Crippen LogP contribution >= 0.6 is 0 Å². The van der Waals surface area contributed by atoms with Crippen molar-refractivity contribution in [3.63, 3.8) is 0 Å². The van der Waals surface area contributed by atoms with Crippen LogP contribution in [-0.4, -0.2) is 66.3 Å². The zero-order valence-corrected chi connectivity index (χ0v) is 18.2. The van der Waals surface area contributed by atoms with E-state index in [0.717, 1.165) is 23.6 Å². The van der Waals surface area contributed by atoms with Crippen LogP contribution in [0.4, 0.5) is 0 Å². The van der Waals surface area contributed by atoms with Crippen molar-refractivity contribution in [1.82, 2.24) is 15.1 Å². The Morgan fingerprint density at radius 2 is 1.58 bits per heavy atom. The first-order chi connectivity index (χ1) is 16.1. The van der Waals surface area contributed by atoms with Crippen molar-refractivity contribution in [3.05, 3.63) is 66.1 Å². The second kappa shape index (κ2) is 8.97. The lowest BCUT2D eigenvalue weighted by Gasteiger charge is -2.34. The maximum atomic E-state index is 13.4. The lowest BCUT2D eigenvalue weighted by atomic mass is 10.0. The molecule has 1 aliphatic heterocycles. The van der Waals surface area contributed by atoms with Gasteiger partial charge in [0.25, 0.3) is 17.7 Å². The molecule has 2 aliphatic rings. The van der Waals surface area contributed by atoms with Crippen molar-refractivity contribution < 1.29 is 23.5 Å². The highest BCUT2D eigenvalue weighted by Crippen LogP contribution is 2.28. The normalized spacial score (nSPS) is 16.0. The minimum atomic E-state index is -0.186. The Kier molecular flexibility index (Phi) is 5.73. The van der Waals surface area contributed by atoms with Gasteiger partial charge in [-0.3, -0.25) is 14.4 Å². The second-order valence-electron chi connectivity index (χ2n) is 8.39. The van der Waals surface area contributed by atoms with E-state index in [-0.39, 0.29) is 30.4 Å². The number of carbonyl (C=O) groups is 3. The van der Waals surface area contributed by atoms with Crippen LogP contribution in [0.2, 0.25) is 0 Å². The molecule has 0 atom stereocenters. The SMILES string of the molecule is O=C(COc1cc2ccccc2cc1C(=O)N1CCN(C(=O)c2ccco2)CC1)NC1CC1. The minimum absolute atomic E-state index is 0.138. The van der Waals surface area contributed by atoms with Crippen molar-refractivity contribution in [2.75, 3.05) is 32.8 Å². The van der Waals surface area contributed by atoms with Crippen LogP contribution < -0.4 is 10.1 Å². The molecule has 0 bridgehead atoms. The summed E-state index contributed by atoms with van der Waals surface area (Å²) in [5.41, 5.74) is 0.415. The van der Waals surface area contributed by atoms with Gasteiger partial charge in [0.2, 0.25) is 0 Å². The number of furan rings is 1. The number of hydrogen-bond acceptors (Lipinski definition) is 5. The summed E-state index contributed by atoms with van der Waals surface area (Å²) < 4.78 is 11.0. The van der Waals surface area contributed by atoms with Gasteiger partial charge in [-0.05, 0) is 47.9 Å². The van der Waals surface area contributed by atoms with Crippen LogP contribution in [0.15, 0.2) is 59.2 Å². The molecule has 1 saturated heterocycles. The Labute approximate surface area is 191 Å². The van der Waals surface area contributed by atoms with Crippen molar-refractivity contribution in [2.24, 2.45) is 0 Å². The number of fused-ring (bicyclic) bond motifs is 1. The molecule has 2 heterocycles. The summed E-state index contributed by atoms with van der Waals surface area (Å²) in [6.07, 6.45) is 3.47. The largest absolute Gasteiger partial charge is 0.483 e. The molecule has 170 valence electrons. The molecule has 1 aliphatic carbocycles. The maximum absolute atomic E-state index is 13.4. The lowest BCUT2D eigenvalue weighted by Crippen LogP contribution is -2.50. The van der Waals surface area contributed by atoms with Gasteiger partial charge in [0.05, 0.1) is 11.8 Å². The summed E-state index contributed by atoms with van der Waals surface area (Å²) >= 11 is 0. The fourth-order valence-electron chi connectivity index (χ4n) is 3.99. The molecule has 8 heteroatoms. The third kappa shape index (κ3) is 4.69. The van der Waals surface area contributed by atoms with Gasteiger partial charge < -0.3 is 24.3 Å². The number of ether oxygens (including phenoxy) is 1. The molecule has 1 saturated carbocycles. The second-order valence-corrected chi connectivity index (χ2v) is 8.39. The monoisotopic (exact) mass is 447 g/mol. The minimum Gasteiger partial charge on any atom is -0.483 e. The third-order valence-corrected chi connectivity index (χ3v) is 5.97. The summed E-state index contributed by atoms with van der Waals surface area (Å²) in [5.74, 6) is 0.143. The van der Waals surface area contributed by atoms with E-state index in [0.29, 0.717) is 43.3 Å². The van der Waals surface area contributed by atoms with Crippen LogP contribution in [-0.2, 0) is 4.79 Å². The van der Waals surface area contributed by atoms with Crippen molar-refractivity contribution in [3.8, 4) is 5.75 Å². The lowest BCUT2D eigenvalue weighted by molar-refractivity contribution is -0.123. The van der Waals surface area contributed by atoms with Gasteiger partial charge in [0, 0.05) is 32.2 Å². The van der Waals surface area contributed by atoms with Crippen LogP contribution in [0.25, 0.3) is 10.8 Å². The number of amides is 3. The first-order valence-corrected chi connectivity index (χ1v) is 11.2. The zero-order valence-electron chi connectivity index (χ0n) is 18.2. The predicted octanol–water partition coefficient (Wildman–Crippen LogP) is 2.69. The van der Waals surface area contributed by atoms with Gasteiger partial charge in [-0.25, -0.2) is 0 Å². The Morgan fingerprint density at radius 3 is 2.21 bits per heavy atom. The van der Waals surface area contributed by atoms with E-state index in [1.165, 1.54) is 6.26 Å². The summed E-state index contributed by atoms with van der Waals surface area (Å²) in [4.78, 5) is 41.5. The molecule has 3 aromatic rings. The van der Waals surface area contributed by atoms with Crippen molar-refractivity contribution in [2.45, 2.75) is 18.9 Å². The summed E-state index contributed by atoms with van der Waals surface area (Å²) in [6.45, 7) is 1.50. The average Bonchev–Trinajstić information content (AvgIpc) is 3.49. The summed E-state index contributed by atoms with van der Waals surface area (Å²) in [7, 11) is 0. The van der Waals surface area contributed by atoms with Gasteiger partial charge in [-0.1, -0.05) is 24.3 Å². The zero-order chi connectivity index (χ0) is 22.8. The molecule has 1 aromatic heterocycles.